The number of methoxy groups -OCH3 is 1. The van der Waals surface area contributed by atoms with Crippen molar-refractivity contribution in [2.75, 3.05) is 12.4 Å². The molecule has 4 heteroatoms. The summed E-state index contributed by atoms with van der Waals surface area (Å²) in [5, 5.41) is 3.37. The average Bonchev–Trinajstić information content (AvgIpc) is 2.62. The number of pyridine rings is 1. The monoisotopic (exact) mass is 320 g/mol. The number of benzene rings is 2. The van der Waals surface area contributed by atoms with Crippen LogP contribution in [0.2, 0.25) is 0 Å². The van der Waals surface area contributed by atoms with Crippen molar-refractivity contribution in [2.24, 2.45) is 0 Å². The number of hydrogen-bond donors (Lipinski definition) is 1. The van der Waals surface area contributed by atoms with Crippen molar-refractivity contribution >= 4 is 5.69 Å². The zero-order valence-corrected chi connectivity index (χ0v) is 13.8. The summed E-state index contributed by atoms with van der Waals surface area (Å²) >= 11 is 0. The molecular weight excluding hydrogens is 300 g/mol. The van der Waals surface area contributed by atoms with Crippen LogP contribution in [-0.4, -0.2) is 11.7 Å². The Bertz CT molecular complexity index is 865. The molecule has 0 atom stereocenters. The van der Waals surface area contributed by atoms with Crippen LogP contribution in [0.25, 0.3) is 5.69 Å². The van der Waals surface area contributed by atoms with Gasteiger partial charge in [0.1, 0.15) is 5.75 Å². The first-order valence-electron chi connectivity index (χ1n) is 7.82. The van der Waals surface area contributed by atoms with Gasteiger partial charge < -0.3 is 10.1 Å². The van der Waals surface area contributed by atoms with Crippen molar-refractivity contribution in [1.29, 1.82) is 0 Å². The highest BCUT2D eigenvalue weighted by Gasteiger charge is 2.03. The Morgan fingerprint density at radius 1 is 0.958 bits per heavy atom. The minimum absolute atomic E-state index is 0.0562. The van der Waals surface area contributed by atoms with Gasteiger partial charge in [0.15, 0.2) is 0 Å². The number of rotatable bonds is 5. The van der Waals surface area contributed by atoms with Gasteiger partial charge in [-0.1, -0.05) is 23.8 Å². The van der Waals surface area contributed by atoms with E-state index in [0.29, 0.717) is 6.54 Å². The zero-order chi connectivity index (χ0) is 16.9. The summed E-state index contributed by atoms with van der Waals surface area (Å²) in [7, 11) is 1.62. The molecule has 3 aromatic rings. The van der Waals surface area contributed by atoms with E-state index in [1.807, 2.05) is 36.5 Å². The maximum Gasteiger partial charge on any atom is 0.255 e. The molecule has 0 fully saturated rings. The predicted molar refractivity (Wildman–Crippen MR) is 97.1 cm³/mol. The molecule has 1 aromatic heterocycles. The number of ether oxygens (including phenoxy) is 1. The third-order valence-corrected chi connectivity index (χ3v) is 3.87. The quantitative estimate of drug-likeness (QED) is 0.778. The van der Waals surface area contributed by atoms with Crippen LogP contribution in [-0.2, 0) is 6.54 Å². The first kappa shape index (κ1) is 15.9. The maximum atomic E-state index is 12.1. The van der Waals surface area contributed by atoms with Crippen molar-refractivity contribution in [3.05, 3.63) is 88.3 Å². The molecule has 122 valence electrons. The molecule has 0 spiro atoms. The SMILES string of the molecule is COc1ccc(-n2cc(CNc3ccc(C)cc3)ccc2=O)cc1. The van der Waals surface area contributed by atoms with Crippen LogP contribution in [0.1, 0.15) is 11.1 Å². The minimum Gasteiger partial charge on any atom is -0.497 e. The molecule has 0 saturated heterocycles. The molecule has 0 aliphatic carbocycles. The highest BCUT2D eigenvalue weighted by Crippen LogP contribution is 2.15. The second kappa shape index (κ2) is 7.04. The summed E-state index contributed by atoms with van der Waals surface area (Å²) in [5.74, 6) is 0.768. The van der Waals surface area contributed by atoms with E-state index in [0.717, 1.165) is 22.7 Å². The topological polar surface area (TPSA) is 43.3 Å². The van der Waals surface area contributed by atoms with Crippen LogP contribution >= 0.6 is 0 Å². The van der Waals surface area contributed by atoms with E-state index < -0.39 is 0 Å². The summed E-state index contributed by atoms with van der Waals surface area (Å²) < 4.78 is 6.80. The summed E-state index contributed by atoms with van der Waals surface area (Å²) in [6.07, 6.45) is 1.87. The van der Waals surface area contributed by atoms with E-state index in [-0.39, 0.29) is 5.56 Å². The van der Waals surface area contributed by atoms with Crippen LogP contribution in [0, 0.1) is 6.92 Å². The molecule has 0 aliphatic heterocycles. The van der Waals surface area contributed by atoms with Gasteiger partial charge in [-0.25, -0.2) is 0 Å². The van der Waals surface area contributed by atoms with E-state index in [9.17, 15) is 4.79 Å². The Hall–Kier alpha value is -3.01. The van der Waals surface area contributed by atoms with Gasteiger partial charge >= 0.3 is 0 Å². The number of nitrogens with zero attached hydrogens (tertiary/aromatic N) is 1. The maximum absolute atomic E-state index is 12.1. The molecule has 1 N–H and O–H groups in total. The molecule has 0 bridgehead atoms. The number of nitrogens with one attached hydrogen (secondary N) is 1. The van der Waals surface area contributed by atoms with Gasteiger partial charge in [-0.3, -0.25) is 9.36 Å². The van der Waals surface area contributed by atoms with Gasteiger partial charge in [0.05, 0.1) is 7.11 Å². The van der Waals surface area contributed by atoms with Crippen LogP contribution < -0.4 is 15.6 Å². The highest BCUT2D eigenvalue weighted by molar-refractivity contribution is 5.45. The lowest BCUT2D eigenvalue weighted by atomic mass is 10.2. The smallest absolute Gasteiger partial charge is 0.255 e. The second-order valence-electron chi connectivity index (χ2n) is 5.66. The van der Waals surface area contributed by atoms with Gasteiger partial charge in [0.25, 0.3) is 5.56 Å². The van der Waals surface area contributed by atoms with Gasteiger partial charge in [-0.15, -0.1) is 0 Å². The van der Waals surface area contributed by atoms with Crippen molar-refractivity contribution in [2.45, 2.75) is 13.5 Å². The van der Waals surface area contributed by atoms with Crippen LogP contribution in [0.4, 0.5) is 5.69 Å². The van der Waals surface area contributed by atoms with Crippen molar-refractivity contribution in [3.63, 3.8) is 0 Å². The molecule has 1 heterocycles. The summed E-state index contributed by atoms with van der Waals surface area (Å²) in [4.78, 5) is 12.1. The molecule has 3 rings (SSSR count). The fraction of sp³-hybridized carbons (Fsp3) is 0.150. The summed E-state index contributed by atoms with van der Waals surface area (Å²) in [6.45, 7) is 2.72. The minimum atomic E-state index is -0.0562. The van der Waals surface area contributed by atoms with E-state index in [1.54, 1.807) is 17.7 Å². The second-order valence-corrected chi connectivity index (χ2v) is 5.66. The fourth-order valence-electron chi connectivity index (χ4n) is 2.46. The number of aromatic nitrogens is 1. The molecule has 2 aromatic carbocycles. The Labute approximate surface area is 141 Å². The molecule has 0 radical (unpaired) electrons. The number of anilines is 1. The van der Waals surface area contributed by atoms with Gasteiger partial charge in [-0.05, 0) is 48.9 Å². The molecule has 0 amide bonds. The first-order valence-corrected chi connectivity index (χ1v) is 7.82. The molecule has 0 saturated carbocycles. The average molecular weight is 320 g/mol. The number of hydrogen-bond acceptors (Lipinski definition) is 3. The lowest BCUT2D eigenvalue weighted by Crippen LogP contribution is -2.17. The van der Waals surface area contributed by atoms with Crippen LogP contribution in [0.3, 0.4) is 0 Å². The Morgan fingerprint density at radius 2 is 1.67 bits per heavy atom. The standard InChI is InChI=1S/C20H20N2O2/c1-15-3-6-17(7-4-15)21-13-16-5-12-20(23)22(14-16)18-8-10-19(24-2)11-9-18/h3-12,14,21H,13H2,1-2H3. The third-order valence-electron chi connectivity index (χ3n) is 3.87. The number of aryl methyl sites for hydroxylation is 1. The van der Waals surface area contributed by atoms with Crippen molar-refractivity contribution < 1.29 is 4.74 Å². The van der Waals surface area contributed by atoms with E-state index in [1.165, 1.54) is 5.56 Å². The molecule has 4 nitrogen and oxygen atoms in total. The van der Waals surface area contributed by atoms with E-state index >= 15 is 0 Å². The largest absolute Gasteiger partial charge is 0.497 e. The lowest BCUT2D eigenvalue weighted by Gasteiger charge is -2.11. The molecule has 0 aliphatic rings. The van der Waals surface area contributed by atoms with Crippen molar-refractivity contribution in [1.82, 2.24) is 4.57 Å². The molecule has 24 heavy (non-hydrogen) atoms. The van der Waals surface area contributed by atoms with E-state index in [2.05, 4.69) is 36.5 Å². The van der Waals surface area contributed by atoms with E-state index in [4.69, 9.17) is 4.74 Å². The zero-order valence-electron chi connectivity index (χ0n) is 13.8. The summed E-state index contributed by atoms with van der Waals surface area (Å²) in [6, 6.07) is 19.1. The van der Waals surface area contributed by atoms with Gasteiger partial charge in [0, 0.05) is 30.2 Å². The Kier molecular flexibility index (Phi) is 4.66. The molecule has 0 unspecified atom stereocenters. The normalized spacial score (nSPS) is 10.4. The summed E-state index contributed by atoms with van der Waals surface area (Å²) in [5.41, 5.74) is 4.08. The highest BCUT2D eigenvalue weighted by atomic mass is 16.5. The lowest BCUT2D eigenvalue weighted by molar-refractivity contribution is 0.414. The van der Waals surface area contributed by atoms with Crippen LogP contribution in [0.5, 0.6) is 5.75 Å². The Morgan fingerprint density at radius 3 is 2.33 bits per heavy atom. The van der Waals surface area contributed by atoms with Gasteiger partial charge in [-0.2, -0.15) is 0 Å². The first-order chi connectivity index (χ1) is 11.7. The fourth-order valence-corrected chi connectivity index (χ4v) is 2.46. The molecular formula is C20H20N2O2. The van der Waals surface area contributed by atoms with Crippen molar-refractivity contribution in [3.8, 4) is 11.4 Å². The van der Waals surface area contributed by atoms with Gasteiger partial charge in [0.2, 0.25) is 0 Å². The Balaban J connectivity index is 1.80. The van der Waals surface area contributed by atoms with Crippen LogP contribution in [0.15, 0.2) is 71.7 Å². The predicted octanol–water partition coefficient (Wildman–Crippen LogP) is 3.77. The third kappa shape index (κ3) is 3.66.